The largest absolute Gasteiger partial charge is 0.306 e. The molecule has 3 aromatic rings. The second kappa shape index (κ2) is 6.80. The average molecular weight is 350 g/mol. The third kappa shape index (κ3) is 3.15. The maximum atomic E-state index is 13.8. The fourth-order valence-electron chi connectivity index (χ4n) is 3.33. The summed E-state index contributed by atoms with van der Waals surface area (Å²) < 4.78 is 13.8. The van der Waals surface area contributed by atoms with Crippen LogP contribution in [0.1, 0.15) is 22.4 Å². The van der Waals surface area contributed by atoms with Crippen molar-refractivity contribution in [3.63, 3.8) is 0 Å². The van der Waals surface area contributed by atoms with Crippen LogP contribution < -0.4 is 5.56 Å². The molecule has 1 aromatic carbocycles. The SMILES string of the molecule is Cc1c(F)cccc1CN1CCc2nc(-c3ccncc3)[nH]c(=O)c2C1. The fraction of sp³-hybridized carbons (Fsp3) is 0.250. The number of hydrogen-bond acceptors (Lipinski definition) is 4. The summed E-state index contributed by atoms with van der Waals surface area (Å²) in [4.78, 5) is 26.3. The maximum absolute atomic E-state index is 13.8. The first-order valence-corrected chi connectivity index (χ1v) is 8.60. The Hall–Kier alpha value is -2.86. The van der Waals surface area contributed by atoms with E-state index in [1.54, 1.807) is 25.4 Å². The maximum Gasteiger partial charge on any atom is 0.255 e. The summed E-state index contributed by atoms with van der Waals surface area (Å²) in [6.07, 6.45) is 4.06. The van der Waals surface area contributed by atoms with Gasteiger partial charge in [-0.2, -0.15) is 0 Å². The lowest BCUT2D eigenvalue weighted by molar-refractivity contribution is 0.241. The minimum absolute atomic E-state index is 0.109. The lowest BCUT2D eigenvalue weighted by Crippen LogP contribution is -2.35. The number of fused-ring (bicyclic) bond motifs is 1. The first kappa shape index (κ1) is 16.6. The molecular formula is C20H19FN4O. The number of pyridine rings is 1. The van der Waals surface area contributed by atoms with Crippen LogP contribution in [0.2, 0.25) is 0 Å². The van der Waals surface area contributed by atoms with Gasteiger partial charge in [0.05, 0.1) is 11.3 Å². The van der Waals surface area contributed by atoms with Gasteiger partial charge in [-0.05, 0) is 36.2 Å². The molecule has 2 aromatic heterocycles. The topological polar surface area (TPSA) is 61.9 Å². The van der Waals surface area contributed by atoms with Gasteiger partial charge < -0.3 is 4.98 Å². The molecular weight excluding hydrogens is 331 g/mol. The molecule has 0 saturated heterocycles. The first-order valence-electron chi connectivity index (χ1n) is 8.60. The van der Waals surface area contributed by atoms with E-state index in [0.717, 1.165) is 23.4 Å². The van der Waals surface area contributed by atoms with Crippen molar-refractivity contribution in [3.8, 4) is 11.4 Å². The van der Waals surface area contributed by atoms with E-state index in [1.165, 1.54) is 6.07 Å². The Balaban J connectivity index is 1.60. The van der Waals surface area contributed by atoms with Crippen molar-refractivity contribution >= 4 is 0 Å². The molecule has 0 amide bonds. The van der Waals surface area contributed by atoms with Crippen molar-refractivity contribution in [2.45, 2.75) is 26.4 Å². The zero-order chi connectivity index (χ0) is 18.1. The number of aromatic amines is 1. The van der Waals surface area contributed by atoms with Gasteiger partial charge in [-0.15, -0.1) is 0 Å². The van der Waals surface area contributed by atoms with Crippen molar-refractivity contribution < 1.29 is 4.39 Å². The van der Waals surface area contributed by atoms with Crippen molar-refractivity contribution in [2.24, 2.45) is 0 Å². The van der Waals surface area contributed by atoms with Gasteiger partial charge in [-0.3, -0.25) is 14.7 Å². The van der Waals surface area contributed by atoms with E-state index < -0.39 is 0 Å². The molecule has 6 heteroatoms. The minimum atomic E-state index is -0.193. The van der Waals surface area contributed by atoms with Gasteiger partial charge in [0.2, 0.25) is 0 Å². The standard InChI is InChI=1S/C20H19FN4O/c1-13-15(3-2-4-17(13)21)11-25-10-7-18-16(12-25)20(26)24-19(23-18)14-5-8-22-9-6-14/h2-6,8-9H,7,10-12H2,1H3,(H,23,24,26). The highest BCUT2D eigenvalue weighted by atomic mass is 19.1. The predicted molar refractivity (Wildman–Crippen MR) is 97.0 cm³/mol. The molecule has 0 bridgehead atoms. The number of benzene rings is 1. The van der Waals surface area contributed by atoms with Gasteiger partial charge >= 0.3 is 0 Å². The smallest absolute Gasteiger partial charge is 0.255 e. The molecule has 0 atom stereocenters. The van der Waals surface area contributed by atoms with Gasteiger partial charge in [-0.25, -0.2) is 9.37 Å². The second-order valence-electron chi connectivity index (χ2n) is 6.56. The third-order valence-electron chi connectivity index (χ3n) is 4.88. The van der Waals surface area contributed by atoms with E-state index >= 15 is 0 Å². The quantitative estimate of drug-likeness (QED) is 0.789. The summed E-state index contributed by atoms with van der Waals surface area (Å²) in [5.74, 6) is 0.381. The highest BCUT2D eigenvalue weighted by Crippen LogP contribution is 2.21. The van der Waals surface area contributed by atoms with E-state index in [2.05, 4.69) is 19.9 Å². The highest BCUT2D eigenvalue weighted by Gasteiger charge is 2.22. The Morgan fingerprint density at radius 1 is 1.23 bits per heavy atom. The summed E-state index contributed by atoms with van der Waals surface area (Å²) in [6.45, 7) is 3.71. The normalized spacial score (nSPS) is 14.2. The second-order valence-corrected chi connectivity index (χ2v) is 6.56. The number of hydrogen-bond donors (Lipinski definition) is 1. The van der Waals surface area contributed by atoms with Crippen LogP contribution in [0.15, 0.2) is 47.5 Å². The summed E-state index contributed by atoms with van der Waals surface area (Å²) in [6, 6.07) is 8.78. The number of H-pyrrole nitrogens is 1. The van der Waals surface area contributed by atoms with E-state index in [-0.39, 0.29) is 11.4 Å². The van der Waals surface area contributed by atoms with E-state index in [4.69, 9.17) is 0 Å². The number of halogens is 1. The molecule has 26 heavy (non-hydrogen) atoms. The molecule has 0 unspecified atom stereocenters. The Bertz CT molecular complexity index is 1000. The zero-order valence-electron chi connectivity index (χ0n) is 14.5. The summed E-state index contributed by atoms with van der Waals surface area (Å²) >= 11 is 0. The Kier molecular flexibility index (Phi) is 4.34. The van der Waals surface area contributed by atoms with E-state index in [1.807, 2.05) is 18.2 Å². The molecule has 4 rings (SSSR count). The van der Waals surface area contributed by atoms with Crippen molar-refractivity contribution in [1.29, 1.82) is 0 Å². The van der Waals surface area contributed by atoms with Crippen molar-refractivity contribution in [1.82, 2.24) is 19.9 Å². The van der Waals surface area contributed by atoms with Gasteiger partial charge in [0.15, 0.2) is 0 Å². The van der Waals surface area contributed by atoms with Crippen LogP contribution >= 0.6 is 0 Å². The van der Waals surface area contributed by atoms with Crippen molar-refractivity contribution in [2.75, 3.05) is 6.54 Å². The Labute approximate surface area is 150 Å². The zero-order valence-corrected chi connectivity index (χ0v) is 14.5. The van der Waals surface area contributed by atoms with Crippen molar-refractivity contribution in [3.05, 3.63) is 81.3 Å². The van der Waals surface area contributed by atoms with Crippen LogP contribution in [0.5, 0.6) is 0 Å². The molecule has 3 heterocycles. The molecule has 0 spiro atoms. The molecule has 1 N–H and O–H groups in total. The first-order chi connectivity index (χ1) is 12.6. The number of nitrogens with one attached hydrogen (secondary N) is 1. The van der Waals surface area contributed by atoms with Crippen LogP contribution in [-0.2, 0) is 19.5 Å². The van der Waals surface area contributed by atoms with Crippen LogP contribution in [0.25, 0.3) is 11.4 Å². The molecule has 0 saturated carbocycles. The molecule has 1 aliphatic rings. The Morgan fingerprint density at radius 3 is 2.85 bits per heavy atom. The van der Waals surface area contributed by atoms with Gasteiger partial charge in [0, 0.05) is 44.0 Å². The lowest BCUT2D eigenvalue weighted by atomic mass is 10.0. The molecule has 132 valence electrons. The van der Waals surface area contributed by atoms with Gasteiger partial charge in [-0.1, -0.05) is 12.1 Å². The Morgan fingerprint density at radius 2 is 2.04 bits per heavy atom. The molecule has 0 aliphatic carbocycles. The summed E-state index contributed by atoms with van der Waals surface area (Å²) in [5, 5.41) is 0. The number of rotatable bonds is 3. The molecule has 1 aliphatic heterocycles. The molecule has 5 nitrogen and oxygen atoms in total. The minimum Gasteiger partial charge on any atom is -0.306 e. The van der Waals surface area contributed by atoms with Gasteiger partial charge in [0.1, 0.15) is 11.6 Å². The molecule has 0 radical (unpaired) electrons. The third-order valence-corrected chi connectivity index (χ3v) is 4.88. The number of nitrogens with zero attached hydrogens (tertiary/aromatic N) is 3. The van der Waals surface area contributed by atoms with Gasteiger partial charge in [0.25, 0.3) is 5.56 Å². The monoisotopic (exact) mass is 350 g/mol. The van der Waals surface area contributed by atoms with Crippen LogP contribution in [0.4, 0.5) is 4.39 Å². The van der Waals surface area contributed by atoms with E-state index in [9.17, 15) is 9.18 Å². The summed E-state index contributed by atoms with van der Waals surface area (Å²) in [7, 11) is 0. The average Bonchev–Trinajstić information content (AvgIpc) is 2.66. The van der Waals surface area contributed by atoms with E-state index in [0.29, 0.717) is 36.5 Å². The van der Waals surface area contributed by atoms with Crippen LogP contribution in [-0.4, -0.2) is 26.4 Å². The summed E-state index contributed by atoms with van der Waals surface area (Å²) in [5.41, 5.74) is 3.89. The lowest BCUT2D eigenvalue weighted by Gasteiger charge is -2.28. The predicted octanol–water partition coefficient (Wildman–Crippen LogP) is 2.84. The fourth-order valence-corrected chi connectivity index (χ4v) is 3.33. The highest BCUT2D eigenvalue weighted by molar-refractivity contribution is 5.54. The van der Waals surface area contributed by atoms with Crippen LogP contribution in [0.3, 0.4) is 0 Å². The van der Waals surface area contributed by atoms with Crippen LogP contribution in [0, 0.1) is 12.7 Å². The number of aromatic nitrogens is 3. The molecule has 0 fully saturated rings.